The van der Waals surface area contributed by atoms with E-state index in [0.29, 0.717) is 5.56 Å². The lowest BCUT2D eigenvalue weighted by Gasteiger charge is -2.23. The SMILES string of the molecule is Cc1ccc(S(=O)(=O)N(CC(=O)N/N=C\c2ccc(F)cc2)c2ccc(F)cc2)cc1. The molecule has 3 rings (SSSR count). The summed E-state index contributed by atoms with van der Waals surface area (Å²) in [4.78, 5) is 12.4. The lowest BCUT2D eigenvalue weighted by molar-refractivity contribution is -0.119. The van der Waals surface area contributed by atoms with Crippen LogP contribution in [0.1, 0.15) is 11.1 Å². The second kappa shape index (κ2) is 9.48. The first-order chi connectivity index (χ1) is 14.8. The first-order valence-electron chi connectivity index (χ1n) is 9.18. The van der Waals surface area contributed by atoms with Gasteiger partial charge in [-0.25, -0.2) is 22.6 Å². The van der Waals surface area contributed by atoms with E-state index in [9.17, 15) is 22.0 Å². The van der Waals surface area contributed by atoms with Gasteiger partial charge in [0.05, 0.1) is 16.8 Å². The van der Waals surface area contributed by atoms with Crippen molar-refractivity contribution >= 4 is 27.8 Å². The molecule has 0 saturated carbocycles. The summed E-state index contributed by atoms with van der Waals surface area (Å²) >= 11 is 0. The molecule has 0 heterocycles. The molecule has 9 heteroatoms. The molecule has 1 amide bonds. The highest BCUT2D eigenvalue weighted by atomic mass is 32.2. The predicted octanol–water partition coefficient (Wildman–Crippen LogP) is 3.62. The van der Waals surface area contributed by atoms with Gasteiger partial charge in [0.25, 0.3) is 15.9 Å². The Morgan fingerprint density at radius 3 is 2.06 bits per heavy atom. The molecule has 0 atom stereocenters. The Hall–Kier alpha value is -3.59. The number of nitrogens with zero attached hydrogens (tertiary/aromatic N) is 2. The van der Waals surface area contributed by atoms with Crippen LogP contribution in [0.4, 0.5) is 14.5 Å². The molecule has 3 aromatic rings. The summed E-state index contributed by atoms with van der Waals surface area (Å²) in [5.74, 6) is -1.65. The number of hydrazone groups is 1. The molecule has 0 spiro atoms. The number of carbonyl (C=O) groups is 1. The van der Waals surface area contributed by atoms with Gasteiger partial charge in [0.2, 0.25) is 0 Å². The summed E-state index contributed by atoms with van der Waals surface area (Å²) in [6, 6.07) is 16.3. The molecule has 0 aliphatic heterocycles. The van der Waals surface area contributed by atoms with Gasteiger partial charge < -0.3 is 0 Å². The van der Waals surface area contributed by atoms with Crippen LogP contribution in [0, 0.1) is 18.6 Å². The first kappa shape index (κ1) is 22.1. The van der Waals surface area contributed by atoms with E-state index in [-0.39, 0.29) is 10.6 Å². The molecule has 0 aliphatic rings. The molecule has 6 nitrogen and oxygen atoms in total. The molecule has 0 aliphatic carbocycles. The third kappa shape index (κ3) is 5.73. The van der Waals surface area contributed by atoms with Crippen molar-refractivity contribution in [2.45, 2.75) is 11.8 Å². The van der Waals surface area contributed by atoms with E-state index < -0.39 is 34.1 Å². The molecule has 160 valence electrons. The van der Waals surface area contributed by atoms with Crippen molar-refractivity contribution in [2.24, 2.45) is 5.10 Å². The van der Waals surface area contributed by atoms with E-state index in [1.165, 1.54) is 54.7 Å². The van der Waals surface area contributed by atoms with E-state index in [2.05, 4.69) is 10.5 Å². The highest BCUT2D eigenvalue weighted by Gasteiger charge is 2.27. The van der Waals surface area contributed by atoms with Crippen LogP contribution in [0.25, 0.3) is 0 Å². The fourth-order valence-corrected chi connectivity index (χ4v) is 4.07. The molecule has 31 heavy (non-hydrogen) atoms. The number of halogens is 2. The largest absolute Gasteiger partial charge is 0.271 e. The number of aryl methyl sites for hydroxylation is 1. The van der Waals surface area contributed by atoms with E-state index >= 15 is 0 Å². The lowest BCUT2D eigenvalue weighted by Crippen LogP contribution is -2.39. The van der Waals surface area contributed by atoms with Crippen LogP contribution in [0.5, 0.6) is 0 Å². The number of amides is 1. The highest BCUT2D eigenvalue weighted by Crippen LogP contribution is 2.24. The Morgan fingerprint density at radius 2 is 1.48 bits per heavy atom. The minimum absolute atomic E-state index is 0.00922. The summed E-state index contributed by atoms with van der Waals surface area (Å²) in [5.41, 5.74) is 3.79. The molecule has 1 N–H and O–H groups in total. The minimum atomic E-state index is -4.10. The van der Waals surface area contributed by atoms with E-state index in [1.807, 2.05) is 6.92 Å². The van der Waals surface area contributed by atoms with Crippen LogP contribution in [-0.2, 0) is 14.8 Å². The topological polar surface area (TPSA) is 78.8 Å². The molecular formula is C22H19F2N3O3S. The number of carbonyl (C=O) groups excluding carboxylic acids is 1. The van der Waals surface area contributed by atoms with Crippen LogP contribution in [0.15, 0.2) is 82.8 Å². The molecule has 0 unspecified atom stereocenters. The minimum Gasteiger partial charge on any atom is -0.271 e. The number of hydrogen-bond donors (Lipinski definition) is 1. The molecule has 0 bridgehead atoms. The Morgan fingerprint density at radius 1 is 0.935 bits per heavy atom. The van der Waals surface area contributed by atoms with Crippen LogP contribution in [0.3, 0.4) is 0 Å². The first-order valence-corrected chi connectivity index (χ1v) is 10.6. The van der Waals surface area contributed by atoms with Gasteiger partial charge >= 0.3 is 0 Å². The van der Waals surface area contributed by atoms with Crippen molar-refractivity contribution in [3.63, 3.8) is 0 Å². The number of rotatable bonds is 7. The van der Waals surface area contributed by atoms with Crippen molar-refractivity contribution < 1.29 is 22.0 Å². The molecule has 0 fully saturated rings. The van der Waals surface area contributed by atoms with Gasteiger partial charge in [0.1, 0.15) is 18.2 Å². The summed E-state index contributed by atoms with van der Waals surface area (Å²) in [6.07, 6.45) is 1.30. The molecule has 0 radical (unpaired) electrons. The Labute approximate surface area is 178 Å². The van der Waals surface area contributed by atoms with Crippen LogP contribution < -0.4 is 9.73 Å². The summed E-state index contributed by atoms with van der Waals surface area (Å²) in [7, 11) is -4.10. The van der Waals surface area contributed by atoms with Crippen LogP contribution in [-0.4, -0.2) is 27.1 Å². The quantitative estimate of drug-likeness (QED) is 0.448. The number of nitrogens with one attached hydrogen (secondary N) is 1. The zero-order chi connectivity index (χ0) is 22.4. The normalized spacial score (nSPS) is 11.5. The van der Waals surface area contributed by atoms with Gasteiger partial charge in [0.15, 0.2) is 0 Å². The van der Waals surface area contributed by atoms with Crippen LogP contribution >= 0.6 is 0 Å². The highest BCUT2D eigenvalue weighted by molar-refractivity contribution is 7.92. The predicted molar refractivity (Wildman–Crippen MR) is 114 cm³/mol. The third-order valence-electron chi connectivity index (χ3n) is 4.28. The van der Waals surface area contributed by atoms with Crippen molar-refractivity contribution in [3.05, 3.63) is 95.6 Å². The van der Waals surface area contributed by atoms with Crippen molar-refractivity contribution in [1.29, 1.82) is 0 Å². The zero-order valence-corrected chi connectivity index (χ0v) is 17.3. The fraction of sp³-hybridized carbons (Fsp3) is 0.0909. The van der Waals surface area contributed by atoms with Gasteiger partial charge in [-0.1, -0.05) is 29.8 Å². The maximum absolute atomic E-state index is 13.3. The van der Waals surface area contributed by atoms with Crippen molar-refractivity contribution in [1.82, 2.24) is 5.43 Å². The number of anilines is 1. The summed E-state index contributed by atoms with van der Waals surface area (Å²) < 4.78 is 53.5. The molecular weight excluding hydrogens is 424 g/mol. The molecule has 3 aromatic carbocycles. The Bertz CT molecular complexity index is 1180. The Kier molecular flexibility index (Phi) is 6.76. The van der Waals surface area contributed by atoms with Crippen LogP contribution in [0.2, 0.25) is 0 Å². The second-order valence-corrected chi connectivity index (χ2v) is 8.51. The van der Waals surface area contributed by atoms with E-state index in [1.54, 1.807) is 12.1 Å². The zero-order valence-electron chi connectivity index (χ0n) is 16.5. The monoisotopic (exact) mass is 443 g/mol. The lowest BCUT2D eigenvalue weighted by atomic mass is 10.2. The average molecular weight is 443 g/mol. The molecule has 0 aromatic heterocycles. The number of sulfonamides is 1. The summed E-state index contributed by atoms with van der Waals surface area (Å²) in [5, 5.41) is 3.77. The summed E-state index contributed by atoms with van der Waals surface area (Å²) in [6.45, 7) is 1.24. The van der Waals surface area contributed by atoms with Gasteiger partial charge in [0, 0.05) is 0 Å². The van der Waals surface area contributed by atoms with E-state index in [0.717, 1.165) is 22.0 Å². The smallest absolute Gasteiger partial charge is 0.264 e. The number of benzene rings is 3. The van der Waals surface area contributed by atoms with Gasteiger partial charge in [-0.3, -0.25) is 9.10 Å². The third-order valence-corrected chi connectivity index (χ3v) is 6.07. The van der Waals surface area contributed by atoms with Crippen molar-refractivity contribution in [3.8, 4) is 0 Å². The van der Waals surface area contributed by atoms with Gasteiger partial charge in [-0.05, 0) is 61.0 Å². The number of hydrogen-bond acceptors (Lipinski definition) is 4. The van der Waals surface area contributed by atoms with E-state index in [4.69, 9.17) is 0 Å². The fourth-order valence-electron chi connectivity index (χ4n) is 2.65. The second-order valence-electron chi connectivity index (χ2n) is 6.65. The maximum atomic E-state index is 13.3. The Balaban J connectivity index is 1.82. The maximum Gasteiger partial charge on any atom is 0.264 e. The molecule has 0 saturated heterocycles. The van der Waals surface area contributed by atoms with Gasteiger partial charge in [-0.15, -0.1) is 0 Å². The van der Waals surface area contributed by atoms with Gasteiger partial charge in [-0.2, -0.15) is 5.10 Å². The standard InChI is InChI=1S/C22H19F2N3O3S/c1-16-2-12-21(13-3-16)31(29,30)27(20-10-8-19(24)9-11-20)15-22(28)26-25-14-17-4-6-18(23)7-5-17/h2-14H,15H2,1H3,(H,26,28)/b25-14-. The average Bonchev–Trinajstić information content (AvgIpc) is 2.74. The van der Waals surface area contributed by atoms with Crippen molar-refractivity contribution in [2.75, 3.05) is 10.8 Å².